The van der Waals surface area contributed by atoms with Crippen LogP contribution in [0.1, 0.15) is 39.2 Å². The third-order valence-corrected chi connectivity index (χ3v) is 3.54. The van der Waals surface area contributed by atoms with Crippen molar-refractivity contribution in [1.29, 1.82) is 0 Å². The molecule has 0 atom stereocenters. The second-order valence-corrected chi connectivity index (χ2v) is 5.86. The first-order valence-corrected chi connectivity index (χ1v) is 7.18. The summed E-state index contributed by atoms with van der Waals surface area (Å²) in [6.45, 7) is 6.29. The van der Waals surface area contributed by atoms with E-state index >= 15 is 0 Å². The summed E-state index contributed by atoms with van der Waals surface area (Å²) in [6.07, 6.45) is 7.02. The molecular formula is C16H21BrO2. The van der Waals surface area contributed by atoms with Crippen LogP contribution < -0.4 is 0 Å². The third kappa shape index (κ3) is 5.52. The lowest BCUT2D eigenvalue weighted by molar-refractivity contribution is 0.453. The zero-order valence-corrected chi connectivity index (χ0v) is 13.3. The van der Waals surface area contributed by atoms with E-state index in [4.69, 9.17) is 0 Å². The Morgan fingerprint density at radius 2 is 1.79 bits per heavy atom. The van der Waals surface area contributed by atoms with Crippen LogP contribution in [-0.2, 0) is 6.42 Å². The topological polar surface area (TPSA) is 40.5 Å². The lowest BCUT2D eigenvalue weighted by Crippen LogP contribution is -1.86. The predicted octanol–water partition coefficient (Wildman–Crippen LogP) is 5.10. The molecule has 0 fully saturated rings. The third-order valence-electron chi connectivity index (χ3n) is 2.91. The summed E-state index contributed by atoms with van der Waals surface area (Å²) in [5.74, 6) is 0.362. The van der Waals surface area contributed by atoms with Crippen molar-refractivity contribution in [2.75, 3.05) is 0 Å². The Morgan fingerprint density at radius 1 is 1.11 bits per heavy atom. The SMILES string of the molecule is CC(C)=CCCC(C)=CCc1cc(O)c(Br)cc1O. The summed E-state index contributed by atoms with van der Waals surface area (Å²) < 4.78 is 0.512. The molecule has 0 unspecified atom stereocenters. The average Bonchev–Trinajstić information content (AvgIpc) is 2.31. The molecule has 0 bridgehead atoms. The minimum Gasteiger partial charge on any atom is -0.508 e. The Bertz CT molecular complexity index is 498. The highest BCUT2D eigenvalue weighted by Crippen LogP contribution is 2.31. The number of phenolic OH excluding ortho intramolecular Hbond substituents is 2. The highest BCUT2D eigenvalue weighted by molar-refractivity contribution is 9.10. The zero-order chi connectivity index (χ0) is 14.4. The minimum atomic E-state index is 0.156. The second-order valence-electron chi connectivity index (χ2n) is 5.01. The van der Waals surface area contributed by atoms with E-state index in [0.29, 0.717) is 10.9 Å². The number of rotatable bonds is 5. The molecule has 2 nitrogen and oxygen atoms in total. The lowest BCUT2D eigenvalue weighted by Gasteiger charge is -2.05. The molecule has 1 aromatic rings. The van der Waals surface area contributed by atoms with E-state index in [9.17, 15) is 10.2 Å². The Morgan fingerprint density at radius 3 is 2.42 bits per heavy atom. The molecule has 1 rings (SSSR count). The van der Waals surface area contributed by atoms with Crippen LogP contribution in [0.25, 0.3) is 0 Å². The summed E-state index contributed by atoms with van der Waals surface area (Å²) in [7, 11) is 0. The molecule has 0 aromatic heterocycles. The number of hydrogen-bond acceptors (Lipinski definition) is 2. The highest BCUT2D eigenvalue weighted by atomic mass is 79.9. The fourth-order valence-corrected chi connectivity index (χ4v) is 2.06. The van der Waals surface area contributed by atoms with Crippen LogP contribution in [0, 0.1) is 0 Å². The van der Waals surface area contributed by atoms with Crippen molar-refractivity contribution in [3.8, 4) is 11.5 Å². The van der Waals surface area contributed by atoms with E-state index in [0.717, 1.165) is 18.4 Å². The molecule has 0 spiro atoms. The molecule has 0 saturated carbocycles. The molecule has 0 radical (unpaired) electrons. The van der Waals surface area contributed by atoms with Crippen molar-refractivity contribution in [2.24, 2.45) is 0 Å². The summed E-state index contributed by atoms with van der Waals surface area (Å²) >= 11 is 3.18. The van der Waals surface area contributed by atoms with Crippen LogP contribution in [-0.4, -0.2) is 10.2 Å². The maximum absolute atomic E-state index is 9.80. The highest BCUT2D eigenvalue weighted by Gasteiger charge is 2.05. The van der Waals surface area contributed by atoms with Crippen LogP contribution in [0.3, 0.4) is 0 Å². The standard InChI is InChI=1S/C16H21BrO2/c1-11(2)5-4-6-12(3)7-8-13-9-16(19)14(17)10-15(13)18/h5,7,9-10,18-19H,4,6,8H2,1-3H3. The number of halogens is 1. The molecule has 19 heavy (non-hydrogen) atoms. The monoisotopic (exact) mass is 324 g/mol. The Hall–Kier alpha value is -1.22. The fraction of sp³-hybridized carbons (Fsp3) is 0.375. The van der Waals surface area contributed by atoms with Gasteiger partial charge in [-0.15, -0.1) is 0 Å². The van der Waals surface area contributed by atoms with Crippen molar-refractivity contribution in [3.05, 3.63) is 45.5 Å². The van der Waals surface area contributed by atoms with Crippen LogP contribution in [0.2, 0.25) is 0 Å². The van der Waals surface area contributed by atoms with Gasteiger partial charge in [0.25, 0.3) is 0 Å². The van der Waals surface area contributed by atoms with Crippen molar-refractivity contribution < 1.29 is 10.2 Å². The first-order valence-electron chi connectivity index (χ1n) is 6.39. The fourth-order valence-electron chi connectivity index (χ4n) is 1.73. The second kappa shape index (κ2) is 7.39. The first kappa shape index (κ1) is 15.8. The van der Waals surface area contributed by atoms with Crippen molar-refractivity contribution in [2.45, 2.75) is 40.0 Å². The van der Waals surface area contributed by atoms with E-state index in [-0.39, 0.29) is 11.5 Å². The summed E-state index contributed by atoms with van der Waals surface area (Å²) in [5, 5.41) is 19.4. The number of aromatic hydroxyl groups is 2. The molecular weight excluding hydrogens is 304 g/mol. The van der Waals surface area contributed by atoms with Gasteiger partial charge in [0, 0.05) is 5.56 Å². The Kier molecular flexibility index (Phi) is 6.16. The molecule has 0 aliphatic rings. The van der Waals surface area contributed by atoms with Crippen LogP contribution in [0.15, 0.2) is 39.9 Å². The van der Waals surface area contributed by atoms with Gasteiger partial charge in [0.05, 0.1) is 4.47 Å². The number of allylic oxidation sites excluding steroid dienone is 4. The average molecular weight is 325 g/mol. The van der Waals surface area contributed by atoms with E-state index in [2.05, 4.69) is 48.9 Å². The van der Waals surface area contributed by atoms with Crippen LogP contribution in [0.4, 0.5) is 0 Å². The summed E-state index contributed by atoms with van der Waals surface area (Å²) in [4.78, 5) is 0. The molecule has 0 saturated heterocycles. The minimum absolute atomic E-state index is 0.156. The molecule has 3 heteroatoms. The van der Waals surface area contributed by atoms with Gasteiger partial charge >= 0.3 is 0 Å². The Labute approximate surface area is 123 Å². The van der Waals surface area contributed by atoms with Gasteiger partial charge in [-0.25, -0.2) is 0 Å². The van der Waals surface area contributed by atoms with E-state index < -0.39 is 0 Å². The predicted molar refractivity (Wildman–Crippen MR) is 83.6 cm³/mol. The van der Waals surface area contributed by atoms with Gasteiger partial charge in [0.1, 0.15) is 11.5 Å². The van der Waals surface area contributed by atoms with Crippen molar-refractivity contribution in [3.63, 3.8) is 0 Å². The molecule has 0 amide bonds. The van der Waals surface area contributed by atoms with Crippen molar-refractivity contribution in [1.82, 2.24) is 0 Å². The normalized spacial score (nSPS) is 11.5. The molecule has 104 valence electrons. The van der Waals surface area contributed by atoms with Gasteiger partial charge in [-0.1, -0.05) is 23.3 Å². The van der Waals surface area contributed by atoms with E-state index in [1.165, 1.54) is 17.2 Å². The zero-order valence-electron chi connectivity index (χ0n) is 11.7. The molecule has 1 aromatic carbocycles. The maximum Gasteiger partial charge on any atom is 0.130 e. The lowest BCUT2D eigenvalue weighted by atomic mass is 10.1. The van der Waals surface area contributed by atoms with Gasteiger partial charge in [0.15, 0.2) is 0 Å². The van der Waals surface area contributed by atoms with E-state index in [1.54, 1.807) is 6.07 Å². The van der Waals surface area contributed by atoms with Gasteiger partial charge < -0.3 is 10.2 Å². The molecule has 0 heterocycles. The number of hydrogen-bond donors (Lipinski definition) is 2. The van der Waals surface area contributed by atoms with Crippen LogP contribution in [0.5, 0.6) is 11.5 Å². The van der Waals surface area contributed by atoms with Gasteiger partial charge in [-0.05, 0) is 68.1 Å². The maximum atomic E-state index is 9.80. The molecule has 0 aliphatic heterocycles. The van der Waals surface area contributed by atoms with Crippen molar-refractivity contribution >= 4 is 15.9 Å². The smallest absolute Gasteiger partial charge is 0.130 e. The largest absolute Gasteiger partial charge is 0.508 e. The van der Waals surface area contributed by atoms with Crippen LogP contribution >= 0.6 is 15.9 Å². The summed E-state index contributed by atoms with van der Waals surface area (Å²) in [6, 6.07) is 3.12. The summed E-state index contributed by atoms with van der Waals surface area (Å²) in [5.41, 5.74) is 3.37. The number of phenols is 2. The van der Waals surface area contributed by atoms with Gasteiger partial charge in [-0.2, -0.15) is 0 Å². The first-order chi connectivity index (χ1) is 8.90. The van der Waals surface area contributed by atoms with Gasteiger partial charge in [-0.3, -0.25) is 0 Å². The Balaban J connectivity index is 2.65. The van der Waals surface area contributed by atoms with E-state index in [1.807, 2.05) is 0 Å². The molecule has 0 aliphatic carbocycles. The van der Waals surface area contributed by atoms with Gasteiger partial charge in [0.2, 0.25) is 0 Å². The number of benzene rings is 1. The quantitative estimate of drug-likeness (QED) is 0.584. The molecule has 2 N–H and O–H groups in total.